The van der Waals surface area contributed by atoms with Gasteiger partial charge in [-0.3, -0.25) is 14.5 Å². The summed E-state index contributed by atoms with van der Waals surface area (Å²) in [6, 6.07) is 17.1. The molecule has 40 heavy (non-hydrogen) atoms. The number of benzene rings is 3. The standard InChI is InChI=1S/C32H34ClFN2O4/c1-21(35-31(38)30(37)24-10-8-22(9-11-24)23-12-15-26(34)16-13-23)32(39,36-18-4-5-19-36)25-14-17-29(28(33)20-25)40-27-6-2-3-7-27/h8-17,20-21,27,39H,2-7,18-19H2,1H3,(H,35,38)/t21-,32-/m1/s1. The van der Waals surface area contributed by atoms with Crippen LogP contribution in [-0.4, -0.2) is 46.9 Å². The molecule has 1 aliphatic heterocycles. The molecule has 8 heteroatoms. The number of nitrogens with one attached hydrogen (secondary N) is 1. The molecule has 3 aromatic carbocycles. The number of Topliss-reactive ketones (excluding diaryl/α,β-unsaturated/α-hetero) is 1. The number of amides is 1. The van der Waals surface area contributed by atoms with Crippen LogP contribution >= 0.6 is 11.6 Å². The summed E-state index contributed by atoms with van der Waals surface area (Å²) in [5.41, 5.74) is 0.770. The number of carbonyl (C=O) groups excluding carboxylic acids is 2. The van der Waals surface area contributed by atoms with Crippen LogP contribution in [0.15, 0.2) is 66.7 Å². The lowest BCUT2D eigenvalue weighted by Gasteiger charge is -2.42. The van der Waals surface area contributed by atoms with E-state index in [0.717, 1.165) is 49.7 Å². The molecule has 1 amide bonds. The summed E-state index contributed by atoms with van der Waals surface area (Å²) in [5, 5.41) is 15.3. The molecule has 1 aliphatic carbocycles. The van der Waals surface area contributed by atoms with Gasteiger partial charge < -0.3 is 15.2 Å². The van der Waals surface area contributed by atoms with Crippen LogP contribution in [0.25, 0.3) is 11.1 Å². The van der Waals surface area contributed by atoms with E-state index in [4.69, 9.17) is 16.3 Å². The number of halogens is 2. The summed E-state index contributed by atoms with van der Waals surface area (Å²) in [6.45, 7) is 2.98. The number of rotatable bonds is 9. The Kier molecular flexibility index (Phi) is 8.54. The van der Waals surface area contributed by atoms with E-state index < -0.39 is 23.5 Å². The van der Waals surface area contributed by atoms with Gasteiger partial charge in [-0.05, 0) is 80.8 Å². The van der Waals surface area contributed by atoms with Gasteiger partial charge in [0, 0.05) is 24.2 Å². The van der Waals surface area contributed by atoms with Gasteiger partial charge in [-0.25, -0.2) is 4.39 Å². The number of likely N-dealkylation sites (tertiary alicyclic amines) is 1. The Bertz CT molecular complexity index is 1350. The lowest BCUT2D eigenvalue weighted by Crippen LogP contribution is -2.59. The maximum atomic E-state index is 13.2. The molecule has 0 bridgehead atoms. The fourth-order valence-corrected chi connectivity index (χ4v) is 5.95. The van der Waals surface area contributed by atoms with Gasteiger partial charge in [0.2, 0.25) is 5.78 Å². The molecule has 1 saturated carbocycles. The number of nitrogens with zero attached hydrogens (tertiary/aromatic N) is 1. The number of hydrogen-bond acceptors (Lipinski definition) is 5. The molecule has 1 saturated heterocycles. The second-order valence-corrected chi connectivity index (χ2v) is 11.1. The molecular formula is C32H34ClFN2O4. The van der Waals surface area contributed by atoms with Crippen LogP contribution in [-0.2, 0) is 10.5 Å². The zero-order chi connectivity index (χ0) is 28.3. The summed E-state index contributed by atoms with van der Waals surface area (Å²) in [5.74, 6) is -1.27. The number of ether oxygens (including phenoxy) is 1. The molecule has 0 aromatic heterocycles. The van der Waals surface area contributed by atoms with Gasteiger partial charge in [0.1, 0.15) is 11.6 Å². The van der Waals surface area contributed by atoms with Crippen LogP contribution in [0.2, 0.25) is 5.02 Å². The van der Waals surface area contributed by atoms with Crippen molar-refractivity contribution < 1.29 is 23.8 Å². The Labute approximate surface area is 239 Å². The monoisotopic (exact) mass is 564 g/mol. The van der Waals surface area contributed by atoms with Crippen molar-refractivity contribution in [2.24, 2.45) is 0 Å². The Balaban J connectivity index is 1.32. The average molecular weight is 565 g/mol. The highest BCUT2D eigenvalue weighted by Gasteiger charge is 2.44. The Hall–Kier alpha value is -3.26. The number of aliphatic hydroxyl groups is 1. The van der Waals surface area contributed by atoms with Gasteiger partial charge in [0.15, 0.2) is 5.72 Å². The molecule has 0 unspecified atom stereocenters. The van der Waals surface area contributed by atoms with Crippen LogP contribution in [0.1, 0.15) is 61.4 Å². The molecule has 2 fully saturated rings. The van der Waals surface area contributed by atoms with Crippen molar-refractivity contribution in [3.63, 3.8) is 0 Å². The van der Waals surface area contributed by atoms with Gasteiger partial charge in [0.05, 0.1) is 17.2 Å². The highest BCUT2D eigenvalue weighted by molar-refractivity contribution is 6.42. The van der Waals surface area contributed by atoms with Crippen LogP contribution in [0, 0.1) is 5.82 Å². The molecule has 2 atom stereocenters. The van der Waals surface area contributed by atoms with Crippen LogP contribution in [0.5, 0.6) is 5.75 Å². The van der Waals surface area contributed by atoms with Crippen molar-refractivity contribution in [2.75, 3.05) is 13.1 Å². The van der Waals surface area contributed by atoms with Crippen LogP contribution in [0.4, 0.5) is 4.39 Å². The predicted molar refractivity (Wildman–Crippen MR) is 153 cm³/mol. The van der Waals surface area contributed by atoms with E-state index in [2.05, 4.69) is 5.32 Å². The van der Waals surface area contributed by atoms with Crippen molar-refractivity contribution in [3.05, 3.63) is 88.7 Å². The molecule has 5 rings (SSSR count). The quantitative estimate of drug-likeness (QED) is 0.243. The first-order chi connectivity index (χ1) is 19.3. The summed E-state index contributed by atoms with van der Waals surface area (Å²) in [6.07, 6.45) is 6.27. The highest BCUT2D eigenvalue weighted by atomic mass is 35.5. The topological polar surface area (TPSA) is 78.9 Å². The summed E-state index contributed by atoms with van der Waals surface area (Å²) in [4.78, 5) is 28.0. The maximum absolute atomic E-state index is 13.2. The first-order valence-electron chi connectivity index (χ1n) is 13.9. The van der Waals surface area contributed by atoms with E-state index in [0.29, 0.717) is 29.4 Å². The third kappa shape index (κ3) is 5.92. The SMILES string of the molecule is C[C@@H](NC(=O)C(=O)c1ccc(-c2ccc(F)cc2)cc1)[C@@](O)(c1ccc(OC2CCCC2)c(Cl)c1)N1CCCC1. The van der Waals surface area contributed by atoms with Crippen molar-refractivity contribution in [1.82, 2.24) is 10.2 Å². The van der Waals surface area contributed by atoms with E-state index in [1.807, 2.05) is 4.90 Å². The number of ketones is 1. The average Bonchev–Trinajstić information content (AvgIpc) is 3.69. The Morgan fingerprint density at radius 3 is 2.17 bits per heavy atom. The van der Waals surface area contributed by atoms with Crippen molar-refractivity contribution >= 4 is 23.3 Å². The minimum Gasteiger partial charge on any atom is -0.489 e. The molecule has 6 nitrogen and oxygen atoms in total. The zero-order valence-electron chi connectivity index (χ0n) is 22.5. The maximum Gasteiger partial charge on any atom is 0.292 e. The van der Waals surface area contributed by atoms with E-state index in [9.17, 15) is 19.1 Å². The fourth-order valence-electron chi connectivity index (χ4n) is 5.73. The van der Waals surface area contributed by atoms with E-state index in [1.165, 1.54) is 12.1 Å². The predicted octanol–water partition coefficient (Wildman–Crippen LogP) is 6.10. The summed E-state index contributed by atoms with van der Waals surface area (Å²) in [7, 11) is 0. The lowest BCUT2D eigenvalue weighted by atomic mass is 9.93. The van der Waals surface area contributed by atoms with Crippen LogP contribution < -0.4 is 10.1 Å². The van der Waals surface area contributed by atoms with Gasteiger partial charge in [-0.1, -0.05) is 54.1 Å². The van der Waals surface area contributed by atoms with Gasteiger partial charge >= 0.3 is 0 Å². The van der Waals surface area contributed by atoms with Gasteiger partial charge in [0.25, 0.3) is 5.91 Å². The number of carbonyl (C=O) groups is 2. The first kappa shape index (κ1) is 28.3. The fraction of sp³-hybridized carbons (Fsp3) is 0.375. The first-order valence-corrected chi connectivity index (χ1v) is 14.3. The van der Waals surface area contributed by atoms with E-state index in [-0.39, 0.29) is 17.5 Å². The van der Waals surface area contributed by atoms with Gasteiger partial charge in [-0.2, -0.15) is 0 Å². The second-order valence-electron chi connectivity index (χ2n) is 10.7. The normalized spacial score (nSPS) is 18.3. The van der Waals surface area contributed by atoms with Crippen molar-refractivity contribution in [2.45, 2.75) is 63.3 Å². The Morgan fingerprint density at radius 1 is 0.975 bits per heavy atom. The number of hydrogen-bond donors (Lipinski definition) is 2. The van der Waals surface area contributed by atoms with E-state index in [1.54, 1.807) is 61.5 Å². The third-order valence-corrected chi connectivity index (χ3v) is 8.32. The molecule has 3 aromatic rings. The summed E-state index contributed by atoms with van der Waals surface area (Å²) < 4.78 is 19.3. The second kappa shape index (κ2) is 12.1. The highest BCUT2D eigenvalue weighted by Crippen LogP contribution is 2.38. The molecule has 2 aliphatic rings. The van der Waals surface area contributed by atoms with Crippen LogP contribution in [0.3, 0.4) is 0 Å². The Morgan fingerprint density at radius 2 is 1.57 bits per heavy atom. The largest absolute Gasteiger partial charge is 0.489 e. The van der Waals surface area contributed by atoms with Crippen molar-refractivity contribution in [1.29, 1.82) is 0 Å². The lowest BCUT2D eigenvalue weighted by molar-refractivity contribution is -0.139. The third-order valence-electron chi connectivity index (χ3n) is 8.02. The molecule has 0 spiro atoms. The summed E-state index contributed by atoms with van der Waals surface area (Å²) >= 11 is 6.61. The smallest absolute Gasteiger partial charge is 0.292 e. The molecule has 1 heterocycles. The van der Waals surface area contributed by atoms with Gasteiger partial charge in [-0.15, -0.1) is 0 Å². The zero-order valence-corrected chi connectivity index (χ0v) is 23.3. The van der Waals surface area contributed by atoms with Crippen molar-refractivity contribution in [3.8, 4) is 16.9 Å². The minimum absolute atomic E-state index is 0.148. The van der Waals surface area contributed by atoms with E-state index >= 15 is 0 Å². The molecule has 210 valence electrons. The minimum atomic E-state index is -1.57. The molecular weight excluding hydrogens is 531 g/mol. The molecule has 0 radical (unpaired) electrons. The molecule has 2 N–H and O–H groups in total.